The number of nitrogens with zero attached hydrogens (tertiary/aromatic N) is 2. The van der Waals surface area contributed by atoms with Gasteiger partial charge in [0, 0.05) is 42.1 Å². The Hall–Kier alpha value is -2.04. The molecule has 146 valence electrons. The smallest absolute Gasteiger partial charge is 0.308 e. The number of nitrogens with one attached hydrogen (secondary N) is 1. The maximum atomic E-state index is 12.9. The van der Waals surface area contributed by atoms with Gasteiger partial charge >= 0.3 is 6.03 Å². The van der Waals surface area contributed by atoms with Crippen molar-refractivity contribution in [1.29, 1.82) is 0 Å². The molecule has 0 radical (unpaired) electrons. The van der Waals surface area contributed by atoms with Crippen LogP contribution in [-0.4, -0.2) is 36.6 Å². The first-order valence-corrected chi connectivity index (χ1v) is 10.8. The summed E-state index contributed by atoms with van der Waals surface area (Å²) in [5.74, 6) is 0. The van der Waals surface area contributed by atoms with Crippen molar-refractivity contribution < 1.29 is 4.79 Å². The summed E-state index contributed by atoms with van der Waals surface area (Å²) in [5.41, 5.74) is 5.81. The Morgan fingerprint density at radius 2 is 1.71 bits per heavy atom. The van der Waals surface area contributed by atoms with Crippen LogP contribution in [0.5, 0.6) is 0 Å². The van der Waals surface area contributed by atoms with Crippen molar-refractivity contribution in [3.8, 4) is 0 Å². The van der Waals surface area contributed by atoms with Crippen molar-refractivity contribution in [2.45, 2.75) is 44.6 Å². The SMILES string of the molecule is O=C(Nc1ccc2c(c1)CCN(C1CCC1)CC2)N1CCc2cc(Cl)ccc21. The fourth-order valence-corrected chi connectivity index (χ4v) is 4.90. The van der Waals surface area contributed by atoms with E-state index in [0.717, 1.165) is 60.4 Å². The van der Waals surface area contributed by atoms with E-state index in [9.17, 15) is 4.79 Å². The second-order valence-corrected chi connectivity index (χ2v) is 8.65. The molecule has 2 heterocycles. The molecule has 0 atom stereocenters. The highest BCUT2D eigenvalue weighted by Gasteiger charge is 2.27. The summed E-state index contributed by atoms with van der Waals surface area (Å²) in [4.78, 5) is 17.3. The van der Waals surface area contributed by atoms with Crippen LogP contribution in [0, 0.1) is 0 Å². The second-order valence-electron chi connectivity index (χ2n) is 8.21. The minimum absolute atomic E-state index is 0.0641. The van der Waals surface area contributed by atoms with Crippen LogP contribution in [0.4, 0.5) is 16.2 Å². The molecule has 2 amide bonds. The molecular formula is C23H26ClN3O. The van der Waals surface area contributed by atoms with E-state index in [-0.39, 0.29) is 6.03 Å². The minimum Gasteiger partial charge on any atom is -0.308 e. The van der Waals surface area contributed by atoms with Crippen LogP contribution in [0.3, 0.4) is 0 Å². The van der Waals surface area contributed by atoms with Crippen molar-refractivity contribution in [3.63, 3.8) is 0 Å². The number of anilines is 2. The normalized spacial score (nSPS) is 19.5. The molecule has 0 unspecified atom stereocenters. The number of carbonyl (C=O) groups excluding carboxylic acids is 1. The number of amides is 2. The molecule has 28 heavy (non-hydrogen) atoms. The third-order valence-electron chi connectivity index (χ3n) is 6.57. The number of hydrogen-bond donors (Lipinski definition) is 1. The average molecular weight is 396 g/mol. The predicted octanol–water partition coefficient (Wildman–Crippen LogP) is 4.89. The van der Waals surface area contributed by atoms with Crippen molar-refractivity contribution in [2.24, 2.45) is 0 Å². The van der Waals surface area contributed by atoms with Gasteiger partial charge < -0.3 is 5.32 Å². The fourth-order valence-electron chi connectivity index (χ4n) is 4.71. The summed E-state index contributed by atoms with van der Waals surface area (Å²) in [6, 6.07) is 12.9. The van der Waals surface area contributed by atoms with Crippen LogP contribution < -0.4 is 10.2 Å². The molecule has 2 aromatic carbocycles. The quantitative estimate of drug-likeness (QED) is 0.785. The van der Waals surface area contributed by atoms with E-state index in [1.165, 1.54) is 30.4 Å². The van der Waals surface area contributed by atoms with Gasteiger partial charge in [0.1, 0.15) is 0 Å². The summed E-state index contributed by atoms with van der Waals surface area (Å²) in [5, 5.41) is 3.83. The number of rotatable bonds is 2. The van der Waals surface area contributed by atoms with Crippen molar-refractivity contribution >= 4 is 29.0 Å². The highest BCUT2D eigenvalue weighted by molar-refractivity contribution is 6.30. The van der Waals surface area contributed by atoms with Crippen LogP contribution in [0.25, 0.3) is 0 Å². The van der Waals surface area contributed by atoms with E-state index >= 15 is 0 Å². The lowest BCUT2D eigenvalue weighted by Crippen LogP contribution is -2.41. The van der Waals surface area contributed by atoms with E-state index < -0.39 is 0 Å². The van der Waals surface area contributed by atoms with Crippen LogP contribution in [0.15, 0.2) is 36.4 Å². The number of halogens is 1. The minimum atomic E-state index is -0.0641. The van der Waals surface area contributed by atoms with E-state index in [4.69, 9.17) is 11.6 Å². The maximum Gasteiger partial charge on any atom is 0.326 e. The lowest BCUT2D eigenvalue weighted by atomic mass is 9.91. The van der Waals surface area contributed by atoms with Crippen molar-refractivity contribution in [1.82, 2.24) is 4.90 Å². The van der Waals surface area contributed by atoms with Crippen molar-refractivity contribution in [3.05, 3.63) is 58.1 Å². The Bertz CT molecular complexity index is 909. The van der Waals surface area contributed by atoms with Crippen LogP contribution in [0.1, 0.15) is 36.0 Å². The first kappa shape index (κ1) is 18.0. The lowest BCUT2D eigenvalue weighted by Gasteiger charge is -2.36. The molecular weight excluding hydrogens is 370 g/mol. The van der Waals surface area contributed by atoms with Crippen LogP contribution in [-0.2, 0) is 19.3 Å². The predicted molar refractivity (Wildman–Crippen MR) is 115 cm³/mol. The van der Waals surface area contributed by atoms with Crippen molar-refractivity contribution in [2.75, 3.05) is 29.9 Å². The van der Waals surface area contributed by atoms with E-state index in [2.05, 4.69) is 28.4 Å². The third kappa shape index (κ3) is 3.40. The van der Waals surface area contributed by atoms with Gasteiger partial charge in [0.05, 0.1) is 0 Å². The Kier molecular flexibility index (Phi) is 4.77. The Balaban J connectivity index is 1.28. The molecule has 0 saturated heterocycles. The zero-order chi connectivity index (χ0) is 19.1. The second kappa shape index (κ2) is 7.41. The highest BCUT2D eigenvalue weighted by atomic mass is 35.5. The number of carbonyl (C=O) groups is 1. The first-order chi connectivity index (χ1) is 13.7. The number of hydrogen-bond acceptors (Lipinski definition) is 2. The van der Waals surface area contributed by atoms with Gasteiger partial charge in [-0.2, -0.15) is 0 Å². The Morgan fingerprint density at radius 3 is 2.50 bits per heavy atom. The van der Waals surface area contributed by atoms with E-state index in [0.29, 0.717) is 6.54 Å². The van der Waals surface area contributed by atoms with Crippen LogP contribution >= 0.6 is 11.6 Å². The lowest BCUT2D eigenvalue weighted by molar-refractivity contribution is 0.133. The van der Waals surface area contributed by atoms with Gasteiger partial charge in [0.15, 0.2) is 0 Å². The summed E-state index contributed by atoms with van der Waals surface area (Å²) in [6.07, 6.45) is 7.14. The number of urea groups is 1. The maximum absolute atomic E-state index is 12.9. The number of fused-ring (bicyclic) bond motifs is 2. The zero-order valence-electron chi connectivity index (χ0n) is 16.1. The third-order valence-corrected chi connectivity index (χ3v) is 6.80. The molecule has 2 aromatic rings. The van der Waals surface area contributed by atoms with Gasteiger partial charge in [0.25, 0.3) is 0 Å². The van der Waals surface area contributed by atoms with Gasteiger partial charge in [-0.05, 0) is 79.1 Å². The fraction of sp³-hybridized carbons (Fsp3) is 0.435. The molecule has 1 aliphatic carbocycles. The molecule has 2 aliphatic heterocycles. The molecule has 0 bridgehead atoms. The summed E-state index contributed by atoms with van der Waals surface area (Å²) in [6.45, 7) is 2.99. The highest BCUT2D eigenvalue weighted by Crippen LogP contribution is 2.31. The van der Waals surface area contributed by atoms with Gasteiger partial charge in [-0.1, -0.05) is 24.1 Å². The molecule has 5 heteroatoms. The standard InChI is InChI=1S/C23H26ClN3O/c24-19-5-7-22-18(14-19)10-13-27(22)23(28)25-20-6-4-16-8-11-26(21-2-1-3-21)12-9-17(16)15-20/h4-7,14-15,21H,1-3,8-13H2,(H,25,28). The number of benzene rings is 2. The van der Waals surface area contributed by atoms with E-state index in [1.54, 1.807) is 0 Å². The molecule has 3 aliphatic rings. The first-order valence-electron chi connectivity index (χ1n) is 10.4. The van der Waals surface area contributed by atoms with Gasteiger partial charge in [0.2, 0.25) is 0 Å². The van der Waals surface area contributed by atoms with E-state index in [1.807, 2.05) is 23.1 Å². The molecule has 0 spiro atoms. The molecule has 4 nitrogen and oxygen atoms in total. The zero-order valence-corrected chi connectivity index (χ0v) is 16.8. The van der Waals surface area contributed by atoms with Gasteiger partial charge in [-0.15, -0.1) is 0 Å². The topological polar surface area (TPSA) is 35.6 Å². The Labute approximate surface area is 171 Å². The largest absolute Gasteiger partial charge is 0.326 e. The summed E-state index contributed by atoms with van der Waals surface area (Å²) < 4.78 is 0. The molecule has 1 N–H and O–H groups in total. The molecule has 0 aromatic heterocycles. The van der Waals surface area contributed by atoms with Gasteiger partial charge in [-0.3, -0.25) is 9.80 Å². The summed E-state index contributed by atoms with van der Waals surface area (Å²) >= 11 is 6.08. The monoisotopic (exact) mass is 395 g/mol. The van der Waals surface area contributed by atoms with Crippen LogP contribution in [0.2, 0.25) is 5.02 Å². The summed E-state index contributed by atoms with van der Waals surface area (Å²) in [7, 11) is 0. The Morgan fingerprint density at radius 1 is 0.929 bits per heavy atom. The van der Waals surface area contributed by atoms with Gasteiger partial charge in [-0.25, -0.2) is 4.79 Å². The molecule has 5 rings (SSSR count). The molecule has 1 fully saturated rings. The average Bonchev–Trinajstić information content (AvgIpc) is 2.95. The molecule has 1 saturated carbocycles.